The fourth-order valence-electron chi connectivity index (χ4n) is 0. The Labute approximate surface area is 63.7 Å². The Morgan fingerprint density at radius 2 is 2.00 bits per heavy atom. The van der Waals surface area contributed by atoms with E-state index in [-0.39, 0.29) is 0 Å². The van der Waals surface area contributed by atoms with E-state index in [1.54, 1.807) is 0 Å². The minimum atomic E-state index is -1.51. The highest BCUT2D eigenvalue weighted by molar-refractivity contribution is 9.12. The van der Waals surface area contributed by atoms with Crippen molar-refractivity contribution in [2.45, 2.75) is 15.8 Å². The van der Waals surface area contributed by atoms with Crippen LogP contribution in [0.25, 0.3) is 0 Å². The third-order valence-electron chi connectivity index (χ3n) is 0.383. The molecule has 0 N–H and O–H groups in total. The molecule has 0 aromatic rings. The van der Waals surface area contributed by atoms with E-state index in [4.69, 9.17) is 11.6 Å². The van der Waals surface area contributed by atoms with Crippen molar-refractivity contribution in [2.24, 2.45) is 0 Å². The Bertz CT molecular complexity index is 58.4. The van der Waals surface area contributed by atoms with Gasteiger partial charge in [-0.3, -0.25) is 0 Å². The molecule has 0 rings (SSSR count). The van der Waals surface area contributed by atoms with E-state index in [1.165, 1.54) is 6.92 Å². The number of alkyl halides is 4. The molecular weight excluding hydrogens is 250 g/mol. The molecule has 7 heavy (non-hydrogen) atoms. The van der Waals surface area contributed by atoms with Gasteiger partial charge in [-0.2, -0.15) is 0 Å². The zero-order chi connectivity index (χ0) is 6.08. The standard InChI is InChI=1S/C3H4Br2ClF/c1-3(5,7)2(4)6/h2H,1H3. The molecule has 0 aliphatic heterocycles. The molecule has 0 aromatic heterocycles. The molecule has 0 bridgehead atoms. The Hall–Kier alpha value is 1.18. The van der Waals surface area contributed by atoms with Gasteiger partial charge in [0.2, 0.25) is 0 Å². The van der Waals surface area contributed by atoms with Crippen molar-refractivity contribution in [3.8, 4) is 0 Å². The van der Waals surface area contributed by atoms with Crippen molar-refractivity contribution in [3.05, 3.63) is 0 Å². The van der Waals surface area contributed by atoms with Gasteiger partial charge in [-0.15, -0.1) is 11.6 Å². The largest absolute Gasteiger partial charge is 0.229 e. The smallest absolute Gasteiger partial charge is 0.188 e. The van der Waals surface area contributed by atoms with Crippen LogP contribution in [0.1, 0.15) is 6.92 Å². The molecule has 4 heteroatoms. The Balaban J connectivity index is 3.54. The predicted molar refractivity (Wildman–Crippen MR) is 37.0 cm³/mol. The summed E-state index contributed by atoms with van der Waals surface area (Å²) in [4.78, 5) is 0. The lowest BCUT2D eigenvalue weighted by atomic mass is 10.5. The number of halogens is 4. The maximum Gasteiger partial charge on any atom is 0.188 e. The van der Waals surface area contributed by atoms with Crippen molar-refractivity contribution in [2.75, 3.05) is 0 Å². The lowest BCUT2D eigenvalue weighted by Gasteiger charge is -2.11. The molecular formula is C3H4Br2ClF. The molecule has 0 saturated heterocycles. The number of hydrogen-bond donors (Lipinski definition) is 0. The second kappa shape index (κ2) is 2.65. The van der Waals surface area contributed by atoms with E-state index in [2.05, 4.69) is 31.9 Å². The highest BCUT2D eigenvalue weighted by Crippen LogP contribution is 2.31. The molecule has 2 unspecified atom stereocenters. The Morgan fingerprint density at radius 1 is 1.86 bits per heavy atom. The van der Waals surface area contributed by atoms with E-state index in [9.17, 15) is 4.39 Å². The van der Waals surface area contributed by atoms with Crippen LogP contribution in [0, 0.1) is 0 Å². The summed E-state index contributed by atoms with van der Waals surface area (Å²) in [5.41, 5.74) is 0. The van der Waals surface area contributed by atoms with Gasteiger partial charge in [0.15, 0.2) is 4.58 Å². The van der Waals surface area contributed by atoms with Gasteiger partial charge in [0, 0.05) is 0 Å². The monoisotopic (exact) mass is 252 g/mol. The topological polar surface area (TPSA) is 0 Å². The zero-order valence-electron chi connectivity index (χ0n) is 3.59. The van der Waals surface area contributed by atoms with Crippen LogP contribution in [-0.2, 0) is 0 Å². The first-order valence-electron chi connectivity index (χ1n) is 1.60. The summed E-state index contributed by atoms with van der Waals surface area (Å²) >= 11 is 10.8. The van der Waals surface area contributed by atoms with E-state index in [1.807, 2.05) is 0 Å². The SMILES string of the molecule is CC(F)(Br)C(Cl)Br. The highest BCUT2D eigenvalue weighted by atomic mass is 79.9. The van der Waals surface area contributed by atoms with Gasteiger partial charge >= 0.3 is 0 Å². The third-order valence-corrected chi connectivity index (χ3v) is 2.99. The van der Waals surface area contributed by atoms with Gasteiger partial charge < -0.3 is 0 Å². The molecule has 0 fully saturated rings. The van der Waals surface area contributed by atoms with Crippen molar-refractivity contribution >= 4 is 43.5 Å². The zero-order valence-corrected chi connectivity index (χ0v) is 7.52. The van der Waals surface area contributed by atoms with Crippen molar-refractivity contribution in [1.82, 2.24) is 0 Å². The van der Waals surface area contributed by atoms with E-state index in [0.29, 0.717) is 0 Å². The normalized spacial score (nSPS) is 23.6. The van der Waals surface area contributed by atoms with Crippen LogP contribution in [-0.4, -0.2) is 8.86 Å². The van der Waals surface area contributed by atoms with Crippen LogP contribution in [0.2, 0.25) is 0 Å². The van der Waals surface area contributed by atoms with E-state index < -0.39 is 8.86 Å². The van der Waals surface area contributed by atoms with Crippen LogP contribution in [0.4, 0.5) is 4.39 Å². The Kier molecular flexibility index (Phi) is 3.09. The summed E-state index contributed by atoms with van der Waals surface area (Å²) in [7, 11) is 0. The van der Waals surface area contributed by atoms with E-state index in [0.717, 1.165) is 0 Å². The summed E-state index contributed by atoms with van der Waals surface area (Å²) in [6.45, 7) is 1.33. The Morgan fingerprint density at radius 3 is 2.00 bits per heavy atom. The molecule has 0 aliphatic carbocycles. The maximum absolute atomic E-state index is 12.2. The lowest BCUT2D eigenvalue weighted by molar-refractivity contribution is 0.351. The first-order chi connectivity index (χ1) is 2.94. The second-order valence-electron chi connectivity index (χ2n) is 1.26. The fourth-order valence-corrected chi connectivity index (χ4v) is 0. The minimum absolute atomic E-state index is 0.667. The van der Waals surface area contributed by atoms with Crippen LogP contribution < -0.4 is 0 Å². The number of hydrogen-bond acceptors (Lipinski definition) is 0. The van der Waals surface area contributed by atoms with Gasteiger partial charge in [-0.05, 0) is 22.9 Å². The van der Waals surface area contributed by atoms with Crippen LogP contribution >= 0.6 is 43.5 Å². The quantitative estimate of drug-likeness (QED) is 0.631. The van der Waals surface area contributed by atoms with E-state index >= 15 is 0 Å². The number of rotatable bonds is 1. The summed E-state index contributed by atoms with van der Waals surface area (Å²) in [5.74, 6) is 0. The maximum atomic E-state index is 12.2. The second-order valence-corrected chi connectivity index (χ2v) is 4.69. The average Bonchev–Trinajstić information content (AvgIpc) is 1.31. The highest BCUT2D eigenvalue weighted by Gasteiger charge is 2.26. The van der Waals surface area contributed by atoms with Crippen molar-refractivity contribution < 1.29 is 4.39 Å². The van der Waals surface area contributed by atoms with Crippen LogP contribution in [0.3, 0.4) is 0 Å². The summed E-state index contributed by atoms with van der Waals surface area (Å²) in [6.07, 6.45) is 0. The lowest BCUT2D eigenvalue weighted by Crippen LogP contribution is -2.15. The van der Waals surface area contributed by atoms with Crippen molar-refractivity contribution in [1.29, 1.82) is 0 Å². The molecule has 0 radical (unpaired) electrons. The van der Waals surface area contributed by atoms with Crippen LogP contribution in [0.15, 0.2) is 0 Å². The first-order valence-corrected chi connectivity index (χ1v) is 3.75. The molecule has 0 spiro atoms. The minimum Gasteiger partial charge on any atom is -0.229 e. The summed E-state index contributed by atoms with van der Waals surface area (Å²) < 4.78 is 10.1. The predicted octanol–water partition coefficient (Wildman–Crippen LogP) is 3.03. The van der Waals surface area contributed by atoms with Gasteiger partial charge in [0.05, 0.1) is 0 Å². The molecule has 2 atom stereocenters. The molecule has 0 heterocycles. The van der Waals surface area contributed by atoms with Gasteiger partial charge in [0.1, 0.15) is 4.29 Å². The van der Waals surface area contributed by atoms with Gasteiger partial charge in [0.25, 0.3) is 0 Å². The molecule has 0 saturated carbocycles. The van der Waals surface area contributed by atoms with Crippen LogP contribution in [0.5, 0.6) is 0 Å². The molecule has 0 aliphatic rings. The third kappa shape index (κ3) is 3.74. The molecule has 0 amide bonds. The summed E-state index contributed by atoms with van der Waals surface area (Å²) in [5, 5.41) is 0. The first kappa shape index (κ1) is 8.18. The van der Waals surface area contributed by atoms with Gasteiger partial charge in [-0.1, -0.05) is 15.9 Å². The average molecular weight is 254 g/mol. The molecule has 0 aromatic carbocycles. The summed E-state index contributed by atoms with van der Waals surface area (Å²) in [6, 6.07) is 0. The molecule has 44 valence electrons. The van der Waals surface area contributed by atoms with Crippen molar-refractivity contribution in [3.63, 3.8) is 0 Å². The molecule has 0 nitrogen and oxygen atoms in total. The fraction of sp³-hybridized carbons (Fsp3) is 1.00. The van der Waals surface area contributed by atoms with Gasteiger partial charge in [-0.25, -0.2) is 4.39 Å².